The van der Waals surface area contributed by atoms with Crippen LogP contribution in [0.5, 0.6) is 5.75 Å². The highest BCUT2D eigenvalue weighted by atomic mass is 32.2. The molecule has 0 atom stereocenters. The number of imide groups is 1. The van der Waals surface area contributed by atoms with Crippen LogP contribution in [0.2, 0.25) is 0 Å². The van der Waals surface area contributed by atoms with E-state index in [0.29, 0.717) is 21.8 Å². The van der Waals surface area contributed by atoms with Crippen LogP contribution in [0.4, 0.5) is 4.79 Å². The van der Waals surface area contributed by atoms with Crippen molar-refractivity contribution in [1.82, 2.24) is 5.32 Å². The zero-order valence-corrected chi connectivity index (χ0v) is 19.4. The van der Waals surface area contributed by atoms with E-state index in [1.165, 1.54) is 0 Å². The number of benzene rings is 3. The molecule has 0 bridgehead atoms. The highest BCUT2D eigenvalue weighted by molar-refractivity contribution is 8.18. The average Bonchev–Trinajstić information content (AvgIpc) is 3.19. The minimum atomic E-state index is -0.879. The van der Waals surface area contributed by atoms with Gasteiger partial charge < -0.3 is 14.6 Å². The number of nitrogens with one attached hydrogen (secondary N) is 1. The smallest absolute Gasteiger partial charge is 0.343 e. The van der Waals surface area contributed by atoms with Gasteiger partial charge in [-0.15, -0.1) is 0 Å². The van der Waals surface area contributed by atoms with Crippen LogP contribution in [0.15, 0.2) is 83.8 Å². The summed E-state index contributed by atoms with van der Waals surface area (Å²) in [6.45, 7) is 3.81. The number of carboxylic acids is 1. The Balaban J connectivity index is 0.000000329. The molecule has 0 unspecified atom stereocenters. The Morgan fingerprint density at radius 1 is 0.914 bits per heavy atom. The largest absolute Gasteiger partial charge is 0.478 e. The fourth-order valence-corrected chi connectivity index (χ4v) is 3.45. The van der Waals surface area contributed by atoms with E-state index in [-0.39, 0.29) is 5.24 Å². The Bertz CT molecular complexity index is 1240. The molecule has 3 aromatic carbocycles. The summed E-state index contributed by atoms with van der Waals surface area (Å²) in [5.41, 5.74) is 2.31. The third-order valence-electron chi connectivity index (χ3n) is 4.37. The Morgan fingerprint density at radius 2 is 1.49 bits per heavy atom. The van der Waals surface area contributed by atoms with Crippen molar-refractivity contribution in [2.45, 2.75) is 6.92 Å². The van der Waals surface area contributed by atoms with Crippen LogP contribution in [-0.2, 0) is 9.59 Å². The monoisotopic (exact) mass is 491 g/mol. The normalized spacial score (nSPS) is 13.0. The number of carbonyl (C=O) groups excluding carboxylic acids is 4. The van der Waals surface area contributed by atoms with Gasteiger partial charge in [-0.1, -0.05) is 42.5 Å². The van der Waals surface area contributed by atoms with Crippen molar-refractivity contribution in [3.8, 4) is 5.75 Å². The standard InChI is InChI=1S/C18H13NO4S.C7H6O2.CH2O/c1-11-9-12(10-15-16(20)19-18(22)24-15)7-8-14(11)23-17(21)13-5-3-2-4-6-13;8-7(9)6-4-2-1-3-5-6;1-2/h2-10H,1H3,(H,19,20,22);1-5H,(H,8,9);1H2/b15-10-;;. The summed E-state index contributed by atoms with van der Waals surface area (Å²) in [6.07, 6.45) is 1.63. The molecule has 9 heteroatoms. The molecule has 0 radical (unpaired) electrons. The molecule has 178 valence electrons. The van der Waals surface area contributed by atoms with Gasteiger partial charge in [0, 0.05) is 0 Å². The second-order valence-corrected chi connectivity index (χ2v) is 7.82. The predicted molar refractivity (Wildman–Crippen MR) is 132 cm³/mol. The maximum atomic E-state index is 12.1. The second kappa shape index (κ2) is 13.3. The van der Waals surface area contributed by atoms with E-state index in [9.17, 15) is 19.2 Å². The molecule has 0 spiro atoms. The quantitative estimate of drug-likeness (QED) is 0.304. The van der Waals surface area contributed by atoms with Crippen molar-refractivity contribution in [3.05, 3.63) is 106 Å². The molecule has 4 rings (SSSR count). The van der Waals surface area contributed by atoms with Gasteiger partial charge in [-0.05, 0) is 72.3 Å². The van der Waals surface area contributed by atoms with E-state index in [0.717, 1.165) is 22.9 Å². The van der Waals surface area contributed by atoms with Gasteiger partial charge in [0.05, 0.1) is 16.0 Å². The summed E-state index contributed by atoms with van der Waals surface area (Å²) >= 11 is 0.863. The summed E-state index contributed by atoms with van der Waals surface area (Å²) in [7, 11) is 0. The number of carboxylic acid groups (broad SMARTS) is 1. The molecule has 1 aliphatic rings. The molecule has 1 heterocycles. The Morgan fingerprint density at radius 3 is 1.94 bits per heavy atom. The summed E-state index contributed by atoms with van der Waals surface area (Å²) in [4.78, 5) is 53.3. The van der Waals surface area contributed by atoms with Crippen LogP contribution in [0, 0.1) is 6.92 Å². The topological polar surface area (TPSA) is 127 Å². The number of aromatic carboxylic acids is 1. The van der Waals surface area contributed by atoms with Gasteiger partial charge >= 0.3 is 11.9 Å². The molecule has 1 saturated heterocycles. The second-order valence-electron chi connectivity index (χ2n) is 6.80. The van der Waals surface area contributed by atoms with Crippen LogP contribution in [0.3, 0.4) is 0 Å². The molecule has 1 aliphatic heterocycles. The maximum absolute atomic E-state index is 12.1. The van der Waals surface area contributed by atoms with Gasteiger partial charge in [0.2, 0.25) is 0 Å². The number of ether oxygens (including phenoxy) is 1. The van der Waals surface area contributed by atoms with Crippen LogP contribution < -0.4 is 10.1 Å². The molecule has 0 aromatic heterocycles. The van der Waals surface area contributed by atoms with E-state index in [4.69, 9.17) is 14.6 Å². The first-order chi connectivity index (χ1) is 16.8. The van der Waals surface area contributed by atoms with E-state index in [1.54, 1.807) is 78.9 Å². The lowest BCUT2D eigenvalue weighted by Gasteiger charge is -2.08. The number of amides is 2. The maximum Gasteiger partial charge on any atom is 0.343 e. The lowest BCUT2D eigenvalue weighted by atomic mass is 10.1. The molecule has 2 amide bonds. The van der Waals surface area contributed by atoms with Crippen LogP contribution in [-0.4, -0.2) is 35.0 Å². The molecule has 0 saturated carbocycles. The summed E-state index contributed by atoms with van der Waals surface area (Å²) < 4.78 is 5.40. The first kappa shape index (κ1) is 26.7. The van der Waals surface area contributed by atoms with Crippen molar-refractivity contribution in [2.75, 3.05) is 0 Å². The van der Waals surface area contributed by atoms with E-state index < -0.39 is 17.8 Å². The lowest BCUT2D eigenvalue weighted by molar-refractivity contribution is -0.115. The zero-order chi connectivity index (χ0) is 25.8. The Labute approximate surface area is 205 Å². The van der Waals surface area contributed by atoms with Crippen LogP contribution in [0.1, 0.15) is 31.8 Å². The van der Waals surface area contributed by atoms with E-state index in [1.807, 2.05) is 19.8 Å². The number of esters is 1. The van der Waals surface area contributed by atoms with E-state index in [2.05, 4.69) is 5.32 Å². The number of thioether (sulfide) groups is 1. The summed E-state index contributed by atoms with van der Waals surface area (Å²) in [5.74, 6) is -1.26. The van der Waals surface area contributed by atoms with Gasteiger partial charge in [-0.2, -0.15) is 0 Å². The van der Waals surface area contributed by atoms with Gasteiger partial charge in [-0.25, -0.2) is 9.59 Å². The molecule has 1 fully saturated rings. The Hall–Kier alpha value is -4.50. The molecule has 35 heavy (non-hydrogen) atoms. The highest BCUT2D eigenvalue weighted by Gasteiger charge is 2.25. The fourth-order valence-electron chi connectivity index (χ4n) is 2.76. The third-order valence-corrected chi connectivity index (χ3v) is 5.18. The predicted octanol–water partition coefficient (Wildman–Crippen LogP) is 4.74. The molecular weight excluding hydrogens is 470 g/mol. The first-order valence-corrected chi connectivity index (χ1v) is 10.8. The highest BCUT2D eigenvalue weighted by Crippen LogP contribution is 2.27. The summed E-state index contributed by atoms with van der Waals surface area (Å²) in [6, 6.07) is 22.2. The van der Waals surface area contributed by atoms with Crippen LogP contribution in [0.25, 0.3) is 6.08 Å². The third kappa shape index (κ3) is 8.09. The Kier molecular flexibility index (Phi) is 10.1. The first-order valence-electron chi connectivity index (χ1n) is 10.0. The number of rotatable bonds is 4. The van der Waals surface area contributed by atoms with Gasteiger partial charge in [0.15, 0.2) is 0 Å². The van der Waals surface area contributed by atoms with Crippen molar-refractivity contribution >= 4 is 47.7 Å². The number of aryl methyl sites for hydroxylation is 1. The number of hydrogen-bond acceptors (Lipinski definition) is 7. The minimum Gasteiger partial charge on any atom is -0.478 e. The number of carbonyl (C=O) groups is 5. The van der Waals surface area contributed by atoms with Crippen molar-refractivity contribution in [2.24, 2.45) is 0 Å². The van der Waals surface area contributed by atoms with Gasteiger partial charge in [0.25, 0.3) is 11.1 Å². The van der Waals surface area contributed by atoms with Gasteiger partial charge in [0.1, 0.15) is 12.5 Å². The molecule has 0 aliphatic carbocycles. The SMILES string of the molecule is C=O.Cc1cc(/C=C2\SC(=O)NC2=O)ccc1OC(=O)c1ccccc1.O=C(O)c1ccccc1. The molecule has 2 N–H and O–H groups in total. The number of hydrogen-bond donors (Lipinski definition) is 2. The van der Waals surface area contributed by atoms with Crippen molar-refractivity contribution in [1.29, 1.82) is 0 Å². The van der Waals surface area contributed by atoms with Crippen molar-refractivity contribution in [3.63, 3.8) is 0 Å². The molecular formula is C26H21NO7S. The average molecular weight is 492 g/mol. The van der Waals surface area contributed by atoms with Crippen molar-refractivity contribution < 1.29 is 33.8 Å². The minimum absolute atomic E-state index is 0.331. The van der Waals surface area contributed by atoms with E-state index >= 15 is 0 Å². The van der Waals surface area contributed by atoms with Crippen LogP contribution >= 0.6 is 11.8 Å². The lowest BCUT2D eigenvalue weighted by Crippen LogP contribution is -2.17. The molecule has 3 aromatic rings. The summed E-state index contributed by atoms with van der Waals surface area (Å²) in [5, 5.41) is 10.2. The van der Waals surface area contributed by atoms with Gasteiger partial charge in [-0.3, -0.25) is 14.9 Å². The zero-order valence-electron chi connectivity index (χ0n) is 18.6. The molecule has 8 nitrogen and oxygen atoms in total. The fraction of sp³-hybridized carbons (Fsp3) is 0.0385.